The third-order valence-corrected chi connectivity index (χ3v) is 3.57. The van der Waals surface area contributed by atoms with Crippen LogP contribution >= 0.6 is 11.3 Å². The van der Waals surface area contributed by atoms with Gasteiger partial charge in [-0.1, -0.05) is 0 Å². The highest BCUT2D eigenvalue weighted by Gasteiger charge is 2.18. The summed E-state index contributed by atoms with van der Waals surface area (Å²) in [5, 5.41) is 15.3. The number of rotatable bonds is 5. The highest BCUT2D eigenvalue weighted by atomic mass is 32.1. The van der Waals surface area contributed by atoms with Crippen molar-refractivity contribution in [2.45, 2.75) is 12.6 Å². The number of hydrogen-bond acceptors (Lipinski definition) is 6. The molecule has 102 valence electrons. The molecular formula is C11H15N5O2S. The molecule has 2 aromatic rings. The maximum absolute atomic E-state index is 10.8. The molecule has 8 heteroatoms. The Morgan fingerprint density at radius 1 is 1.68 bits per heavy atom. The molecule has 0 fully saturated rings. The van der Waals surface area contributed by atoms with Gasteiger partial charge >= 0.3 is 5.97 Å². The number of thiazole rings is 1. The van der Waals surface area contributed by atoms with E-state index in [1.807, 2.05) is 25.2 Å². The first-order valence-electron chi connectivity index (χ1n) is 5.60. The number of nitrogens with zero attached hydrogens (tertiary/aromatic N) is 4. The van der Waals surface area contributed by atoms with Crippen molar-refractivity contribution in [2.75, 3.05) is 11.9 Å². The molecule has 1 atom stereocenters. The summed E-state index contributed by atoms with van der Waals surface area (Å²) in [5.41, 5.74) is 6.96. The van der Waals surface area contributed by atoms with Crippen LogP contribution in [0.3, 0.4) is 0 Å². The molecule has 2 aromatic heterocycles. The molecule has 0 saturated heterocycles. The normalized spacial score (nSPS) is 12.4. The molecule has 3 N–H and O–H groups in total. The van der Waals surface area contributed by atoms with E-state index < -0.39 is 12.0 Å². The third kappa shape index (κ3) is 3.09. The predicted molar refractivity (Wildman–Crippen MR) is 72.0 cm³/mol. The quantitative estimate of drug-likeness (QED) is 0.833. The van der Waals surface area contributed by atoms with Crippen LogP contribution in [-0.2, 0) is 18.4 Å². The van der Waals surface area contributed by atoms with Crippen molar-refractivity contribution in [1.29, 1.82) is 0 Å². The molecule has 7 nitrogen and oxygen atoms in total. The standard InChI is InChI=1S/C11H15N5O2S/c1-15(4-7-3-13-16(2)5-7)11-14-8(6-19-11)9(12)10(17)18/h3,5-6,9H,4,12H2,1-2H3,(H,17,18). The fraction of sp³-hybridized carbons (Fsp3) is 0.364. The average Bonchev–Trinajstić information content (AvgIpc) is 2.97. The van der Waals surface area contributed by atoms with Crippen LogP contribution in [0.15, 0.2) is 17.8 Å². The summed E-state index contributed by atoms with van der Waals surface area (Å²) in [6.45, 7) is 0.656. The van der Waals surface area contributed by atoms with Gasteiger partial charge in [-0.15, -0.1) is 11.3 Å². The van der Waals surface area contributed by atoms with Crippen molar-refractivity contribution >= 4 is 22.4 Å². The van der Waals surface area contributed by atoms with E-state index in [-0.39, 0.29) is 0 Å². The number of aryl methyl sites for hydroxylation is 1. The first-order chi connectivity index (χ1) is 8.97. The molecule has 2 heterocycles. The second-order valence-electron chi connectivity index (χ2n) is 4.25. The zero-order valence-corrected chi connectivity index (χ0v) is 11.5. The van der Waals surface area contributed by atoms with Crippen LogP contribution in [0.5, 0.6) is 0 Å². The van der Waals surface area contributed by atoms with Gasteiger partial charge < -0.3 is 15.7 Å². The molecule has 0 bridgehead atoms. The Hall–Kier alpha value is -1.93. The van der Waals surface area contributed by atoms with Crippen molar-refractivity contribution in [3.8, 4) is 0 Å². The Bertz CT molecular complexity index is 579. The summed E-state index contributed by atoms with van der Waals surface area (Å²) >= 11 is 1.37. The molecule has 0 aliphatic heterocycles. The van der Waals surface area contributed by atoms with E-state index in [1.54, 1.807) is 16.3 Å². The molecule has 0 radical (unpaired) electrons. The van der Waals surface area contributed by atoms with E-state index in [2.05, 4.69) is 10.1 Å². The van der Waals surface area contributed by atoms with Gasteiger partial charge in [0.15, 0.2) is 5.13 Å². The number of aromatic nitrogens is 3. The molecule has 0 aromatic carbocycles. The van der Waals surface area contributed by atoms with Gasteiger partial charge in [0.2, 0.25) is 0 Å². The van der Waals surface area contributed by atoms with Gasteiger partial charge in [0.1, 0.15) is 6.04 Å². The summed E-state index contributed by atoms with van der Waals surface area (Å²) in [4.78, 5) is 17.0. The fourth-order valence-electron chi connectivity index (χ4n) is 1.62. The Kier molecular flexibility index (Phi) is 3.82. The lowest BCUT2D eigenvalue weighted by molar-refractivity contribution is -0.138. The topological polar surface area (TPSA) is 97.3 Å². The van der Waals surface area contributed by atoms with E-state index in [0.29, 0.717) is 12.2 Å². The summed E-state index contributed by atoms with van der Waals surface area (Å²) in [7, 11) is 3.75. The maximum atomic E-state index is 10.8. The fourth-order valence-corrected chi connectivity index (χ4v) is 2.44. The van der Waals surface area contributed by atoms with Crippen LogP contribution < -0.4 is 10.6 Å². The van der Waals surface area contributed by atoms with Gasteiger partial charge in [-0.2, -0.15) is 5.10 Å². The summed E-state index contributed by atoms with van der Waals surface area (Å²) in [5.74, 6) is -1.08. The van der Waals surface area contributed by atoms with E-state index in [4.69, 9.17) is 10.8 Å². The Morgan fingerprint density at radius 3 is 3.00 bits per heavy atom. The van der Waals surface area contributed by atoms with Crippen LogP contribution in [0.4, 0.5) is 5.13 Å². The van der Waals surface area contributed by atoms with Crippen LogP contribution in [0.1, 0.15) is 17.3 Å². The number of nitrogens with two attached hydrogens (primary N) is 1. The van der Waals surface area contributed by atoms with Crippen molar-refractivity contribution in [3.05, 3.63) is 29.0 Å². The molecule has 0 spiro atoms. The van der Waals surface area contributed by atoms with Crippen molar-refractivity contribution in [2.24, 2.45) is 12.8 Å². The van der Waals surface area contributed by atoms with E-state index in [1.165, 1.54) is 11.3 Å². The maximum Gasteiger partial charge on any atom is 0.326 e. The molecular weight excluding hydrogens is 266 g/mol. The minimum absolute atomic E-state index is 0.380. The third-order valence-electron chi connectivity index (χ3n) is 2.60. The number of carboxylic acids is 1. The van der Waals surface area contributed by atoms with Crippen molar-refractivity contribution in [3.63, 3.8) is 0 Å². The number of aliphatic carboxylic acids is 1. The van der Waals surface area contributed by atoms with Crippen LogP contribution in [0.2, 0.25) is 0 Å². The van der Waals surface area contributed by atoms with Crippen molar-refractivity contribution in [1.82, 2.24) is 14.8 Å². The number of carboxylic acid groups (broad SMARTS) is 1. The van der Waals surface area contributed by atoms with Gasteiger partial charge in [-0.3, -0.25) is 9.48 Å². The summed E-state index contributed by atoms with van der Waals surface area (Å²) < 4.78 is 1.73. The minimum atomic E-state index is -1.08. The molecule has 19 heavy (non-hydrogen) atoms. The summed E-state index contributed by atoms with van der Waals surface area (Å²) in [6.07, 6.45) is 3.71. The number of anilines is 1. The highest BCUT2D eigenvalue weighted by molar-refractivity contribution is 7.13. The first kappa shape index (κ1) is 13.5. The van der Waals surface area contributed by atoms with E-state index in [0.717, 1.165) is 10.7 Å². The SMILES string of the molecule is CN(Cc1cnn(C)c1)c1nc(C(N)C(=O)O)cs1. The second-order valence-corrected chi connectivity index (χ2v) is 5.09. The van der Waals surface area contributed by atoms with Crippen LogP contribution in [0.25, 0.3) is 0 Å². The Morgan fingerprint density at radius 2 is 2.42 bits per heavy atom. The monoisotopic (exact) mass is 281 g/mol. The smallest absolute Gasteiger partial charge is 0.326 e. The average molecular weight is 281 g/mol. The molecule has 0 aliphatic carbocycles. The molecule has 0 saturated carbocycles. The van der Waals surface area contributed by atoms with E-state index in [9.17, 15) is 4.79 Å². The van der Waals surface area contributed by atoms with Gasteiger partial charge in [-0.05, 0) is 0 Å². The highest BCUT2D eigenvalue weighted by Crippen LogP contribution is 2.23. The molecule has 0 aliphatic rings. The lowest BCUT2D eigenvalue weighted by atomic mass is 10.2. The van der Waals surface area contributed by atoms with E-state index >= 15 is 0 Å². The molecule has 0 amide bonds. The largest absolute Gasteiger partial charge is 0.480 e. The van der Waals surface area contributed by atoms with Gasteiger partial charge in [0.25, 0.3) is 0 Å². The number of carbonyl (C=O) groups is 1. The summed E-state index contributed by atoms with van der Waals surface area (Å²) in [6, 6.07) is -1.07. The second kappa shape index (κ2) is 5.37. The van der Waals surface area contributed by atoms with Crippen molar-refractivity contribution < 1.29 is 9.90 Å². The van der Waals surface area contributed by atoms with Gasteiger partial charge in [0, 0.05) is 37.8 Å². The molecule has 2 rings (SSSR count). The predicted octanol–water partition coefficient (Wildman–Crippen LogP) is 0.597. The van der Waals surface area contributed by atoms with Gasteiger partial charge in [0.05, 0.1) is 11.9 Å². The van der Waals surface area contributed by atoms with Crippen LogP contribution in [-0.4, -0.2) is 32.9 Å². The van der Waals surface area contributed by atoms with Crippen LogP contribution in [0, 0.1) is 0 Å². The molecule has 1 unspecified atom stereocenters. The minimum Gasteiger partial charge on any atom is -0.480 e. The first-order valence-corrected chi connectivity index (χ1v) is 6.48. The van der Waals surface area contributed by atoms with Gasteiger partial charge in [-0.25, -0.2) is 4.98 Å². The number of hydrogen-bond donors (Lipinski definition) is 2. The Balaban J connectivity index is 2.07. The lowest BCUT2D eigenvalue weighted by Gasteiger charge is -2.14. The zero-order valence-electron chi connectivity index (χ0n) is 10.6. The lowest BCUT2D eigenvalue weighted by Crippen LogP contribution is -2.21. The zero-order chi connectivity index (χ0) is 14.0. The Labute approximate surface area is 114 Å².